The molecule has 0 amide bonds. The van der Waals surface area contributed by atoms with E-state index in [0.29, 0.717) is 0 Å². The summed E-state index contributed by atoms with van der Waals surface area (Å²) in [7, 11) is 2.23. The zero-order valence-electron chi connectivity index (χ0n) is 9.63. The summed E-state index contributed by atoms with van der Waals surface area (Å²) in [5.41, 5.74) is 0. The Morgan fingerprint density at radius 2 is 1.86 bits per heavy atom. The second-order valence-electron chi connectivity index (χ2n) is 5.43. The van der Waals surface area contributed by atoms with E-state index >= 15 is 0 Å². The van der Waals surface area contributed by atoms with Crippen LogP contribution in [0.1, 0.15) is 32.6 Å². The van der Waals surface area contributed by atoms with E-state index in [-0.39, 0.29) is 0 Å². The van der Waals surface area contributed by atoms with E-state index in [1.54, 1.807) is 0 Å². The van der Waals surface area contributed by atoms with Crippen LogP contribution in [0, 0.1) is 11.8 Å². The van der Waals surface area contributed by atoms with E-state index in [0.717, 1.165) is 17.9 Å². The van der Waals surface area contributed by atoms with Gasteiger partial charge >= 0.3 is 0 Å². The molecule has 2 fully saturated rings. The molecule has 0 unspecified atom stereocenters. The summed E-state index contributed by atoms with van der Waals surface area (Å²) in [6.07, 6.45) is 5.61. The summed E-state index contributed by atoms with van der Waals surface area (Å²) in [6.45, 7) is 6.22. The third-order valence-corrected chi connectivity index (χ3v) is 3.91. The molecule has 2 nitrogen and oxygen atoms in total. The van der Waals surface area contributed by atoms with Gasteiger partial charge in [0, 0.05) is 6.04 Å². The Morgan fingerprint density at radius 3 is 2.43 bits per heavy atom. The van der Waals surface area contributed by atoms with Gasteiger partial charge in [0.05, 0.1) is 0 Å². The molecule has 82 valence electrons. The molecule has 0 aromatic rings. The number of nitrogens with zero attached hydrogens (tertiary/aromatic N) is 1. The molecule has 1 saturated heterocycles. The quantitative estimate of drug-likeness (QED) is 0.739. The molecular formula is C12H24N2. The van der Waals surface area contributed by atoms with Crippen LogP contribution in [-0.4, -0.2) is 37.6 Å². The standard InChI is InChI=1S/C12H24N2/c1-10-7-12(8-10)13-9-11-3-5-14(2)6-4-11/h10-13H,3-9H2,1-2H3. The SMILES string of the molecule is CC1CC(NCC2CCN(C)CC2)C1. The molecule has 2 rings (SSSR count). The Morgan fingerprint density at radius 1 is 1.21 bits per heavy atom. The van der Waals surface area contributed by atoms with Gasteiger partial charge in [0.15, 0.2) is 0 Å². The summed E-state index contributed by atoms with van der Waals surface area (Å²) >= 11 is 0. The summed E-state index contributed by atoms with van der Waals surface area (Å²) in [5, 5.41) is 3.72. The van der Waals surface area contributed by atoms with Crippen LogP contribution in [0.3, 0.4) is 0 Å². The molecule has 1 aliphatic heterocycles. The van der Waals surface area contributed by atoms with Crippen molar-refractivity contribution < 1.29 is 0 Å². The molecule has 1 heterocycles. The molecule has 0 spiro atoms. The lowest BCUT2D eigenvalue weighted by Gasteiger charge is -2.36. The summed E-state index contributed by atoms with van der Waals surface area (Å²) in [4.78, 5) is 2.45. The highest BCUT2D eigenvalue weighted by Gasteiger charge is 2.25. The Bertz CT molecular complexity index is 167. The normalized spacial score (nSPS) is 35.6. The van der Waals surface area contributed by atoms with Crippen molar-refractivity contribution in [1.82, 2.24) is 10.2 Å². The van der Waals surface area contributed by atoms with Crippen LogP contribution in [0.5, 0.6) is 0 Å². The van der Waals surface area contributed by atoms with Crippen molar-refractivity contribution in [3.63, 3.8) is 0 Å². The molecule has 1 aliphatic carbocycles. The molecule has 1 N–H and O–H groups in total. The van der Waals surface area contributed by atoms with E-state index in [9.17, 15) is 0 Å². The van der Waals surface area contributed by atoms with Crippen molar-refractivity contribution in [2.75, 3.05) is 26.7 Å². The lowest BCUT2D eigenvalue weighted by Crippen LogP contribution is -2.44. The minimum absolute atomic E-state index is 0.852. The molecule has 14 heavy (non-hydrogen) atoms. The van der Waals surface area contributed by atoms with Gasteiger partial charge < -0.3 is 10.2 Å². The van der Waals surface area contributed by atoms with Crippen molar-refractivity contribution in [3.8, 4) is 0 Å². The van der Waals surface area contributed by atoms with E-state index in [1.165, 1.54) is 45.3 Å². The van der Waals surface area contributed by atoms with Gasteiger partial charge in [-0.2, -0.15) is 0 Å². The highest BCUT2D eigenvalue weighted by atomic mass is 15.1. The molecule has 0 atom stereocenters. The Hall–Kier alpha value is -0.0800. The van der Waals surface area contributed by atoms with E-state index in [1.807, 2.05) is 0 Å². The van der Waals surface area contributed by atoms with Crippen LogP contribution < -0.4 is 5.32 Å². The van der Waals surface area contributed by atoms with Gasteiger partial charge in [-0.25, -0.2) is 0 Å². The Balaban J connectivity index is 1.57. The number of hydrogen-bond donors (Lipinski definition) is 1. The fraction of sp³-hybridized carbons (Fsp3) is 1.00. The average molecular weight is 196 g/mol. The Labute approximate surface area is 88.1 Å². The summed E-state index contributed by atoms with van der Waals surface area (Å²) in [5.74, 6) is 1.92. The fourth-order valence-electron chi connectivity index (χ4n) is 2.67. The van der Waals surface area contributed by atoms with Crippen LogP contribution >= 0.6 is 0 Å². The molecule has 2 heteroatoms. The maximum absolute atomic E-state index is 3.72. The third kappa shape index (κ3) is 2.71. The molecule has 1 saturated carbocycles. The molecule has 0 aromatic heterocycles. The van der Waals surface area contributed by atoms with Gasteiger partial charge in [-0.05, 0) is 64.2 Å². The van der Waals surface area contributed by atoms with E-state index < -0.39 is 0 Å². The van der Waals surface area contributed by atoms with Crippen molar-refractivity contribution in [1.29, 1.82) is 0 Å². The lowest BCUT2D eigenvalue weighted by molar-refractivity contribution is 0.188. The van der Waals surface area contributed by atoms with Gasteiger partial charge in [-0.3, -0.25) is 0 Å². The second kappa shape index (κ2) is 4.63. The number of piperidine rings is 1. The van der Waals surface area contributed by atoms with Crippen LogP contribution in [0.2, 0.25) is 0 Å². The summed E-state index contributed by atoms with van der Waals surface area (Å²) in [6, 6.07) is 0.852. The number of likely N-dealkylation sites (tertiary alicyclic amines) is 1. The van der Waals surface area contributed by atoms with Crippen molar-refractivity contribution in [2.45, 2.75) is 38.6 Å². The van der Waals surface area contributed by atoms with Crippen LogP contribution in [-0.2, 0) is 0 Å². The highest BCUT2D eigenvalue weighted by Crippen LogP contribution is 2.26. The average Bonchev–Trinajstić information content (AvgIpc) is 2.13. The monoisotopic (exact) mass is 196 g/mol. The van der Waals surface area contributed by atoms with Crippen LogP contribution in [0.15, 0.2) is 0 Å². The zero-order chi connectivity index (χ0) is 9.97. The van der Waals surface area contributed by atoms with Gasteiger partial charge in [0.1, 0.15) is 0 Å². The van der Waals surface area contributed by atoms with Gasteiger partial charge in [-0.1, -0.05) is 6.92 Å². The van der Waals surface area contributed by atoms with Crippen molar-refractivity contribution >= 4 is 0 Å². The lowest BCUT2D eigenvalue weighted by atomic mass is 9.81. The van der Waals surface area contributed by atoms with Crippen LogP contribution in [0.25, 0.3) is 0 Å². The predicted octanol–water partition coefficient (Wildman–Crippen LogP) is 1.72. The van der Waals surface area contributed by atoms with Gasteiger partial charge in [-0.15, -0.1) is 0 Å². The first-order valence-corrected chi connectivity index (χ1v) is 6.16. The zero-order valence-corrected chi connectivity index (χ0v) is 9.63. The highest BCUT2D eigenvalue weighted by molar-refractivity contribution is 4.83. The third-order valence-electron chi connectivity index (χ3n) is 3.91. The van der Waals surface area contributed by atoms with Gasteiger partial charge in [0.2, 0.25) is 0 Å². The molecule has 2 aliphatic rings. The first kappa shape index (κ1) is 10.4. The van der Waals surface area contributed by atoms with Crippen LogP contribution in [0.4, 0.5) is 0 Å². The fourth-order valence-corrected chi connectivity index (χ4v) is 2.67. The van der Waals surface area contributed by atoms with Crippen molar-refractivity contribution in [3.05, 3.63) is 0 Å². The van der Waals surface area contributed by atoms with Crippen molar-refractivity contribution in [2.24, 2.45) is 11.8 Å². The molecule has 0 radical (unpaired) electrons. The minimum Gasteiger partial charge on any atom is -0.314 e. The molecule has 0 aromatic carbocycles. The first-order chi connectivity index (χ1) is 6.74. The molecule has 0 bridgehead atoms. The van der Waals surface area contributed by atoms with Gasteiger partial charge in [0.25, 0.3) is 0 Å². The maximum Gasteiger partial charge on any atom is 0.00722 e. The van der Waals surface area contributed by atoms with E-state index in [2.05, 4.69) is 24.2 Å². The maximum atomic E-state index is 3.72. The number of hydrogen-bond acceptors (Lipinski definition) is 2. The molecular weight excluding hydrogens is 172 g/mol. The largest absolute Gasteiger partial charge is 0.314 e. The predicted molar refractivity (Wildman–Crippen MR) is 60.4 cm³/mol. The topological polar surface area (TPSA) is 15.3 Å². The number of nitrogens with one attached hydrogen (secondary N) is 1. The smallest absolute Gasteiger partial charge is 0.00722 e. The summed E-state index contributed by atoms with van der Waals surface area (Å²) < 4.78 is 0. The first-order valence-electron chi connectivity index (χ1n) is 6.16. The number of rotatable bonds is 3. The second-order valence-corrected chi connectivity index (χ2v) is 5.43. The van der Waals surface area contributed by atoms with E-state index in [4.69, 9.17) is 0 Å². The Kier molecular flexibility index (Phi) is 3.45. The minimum atomic E-state index is 0.852.